The number of benzene rings is 3. The zero-order valence-electron chi connectivity index (χ0n) is 22.0. The summed E-state index contributed by atoms with van der Waals surface area (Å²) in [6.45, 7) is 3.89. The average molecular weight is 514 g/mol. The number of aryl methyl sites for hydroxylation is 2. The van der Waals surface area contributed by atoms with E-state index >= 15 is 0 Å². The SMILES string of the molecule is Cc1c(-c2cc(C(=O)[O-])c3c(O[C@H]4CCC[C@@H](c5ccccc5)C4)ccc(C)c3n2)oc2ccccc12.[Na+]. The molecule has 0 unspecified atom stereocenters. The zero-order chi connectivity index (χ0) is 25.5. The molecule has 38 heavy (non-hydrogen) atoms. The number of fused-ring (bicyclic) bond motifs is 2. The van der Waals surface area contributed by atoms with Crippen LogP contribution in [0.25, 0.3) is 33.3 Å². The summed E-state index contributed by atoms with van der Waals surface area (Å²) in [5, 5.41) is 13.9. The maximum absolute atomic E-state index is 12.4. The van der Waals surface area contributed by atoms with E-state index in [-0.39, 0.29) is 41.2 Å². The number of hydrogen-bond acceptors (Lipinski definition) is 5. The van der Waals surface area contributed by atoms with Crippen molar-refractivity contribution in [1.82, 2.24) is 4.98 Å². The molecule has 6 heteroatoms. The van der Waals surface area contributed by atoms with Crippen LogP contribution in [0.4, 0.5) is 0 Å². The van der Waals surface area contributed by atoms with Crippen LogP contribution in [0.5, 0.6) is 5.75 Å². The van der Waals surface area contributed by atoms with E-state index in [4.69, 9.17) is 14.1 Å². The Morgan fingerprint density at radius 1 is 1.00 bits per heavy atom. The van der Waals surface area contributed by atoms with E-state index in [1.807, 2.05) is 56.3 Å². The van der Waals surface area contributed by atoms with Gasteiger partial charge in [0.25, 0.3) is 0 Å². The molecule has 0 aliphatic heterocycles. The molecule has 6 rings (SSSR count). The van der Waals surface area contributed by atoms with Gasteiger partial charge in [0.2, 0.25) is 0 Å². The molecule has 0 N–H and O–H groups in total. The van der Waals surface area contributed by atoms with Crippen LogP contribution in [0.3, 0.4) is 0 Å². The summed E-state index contributed by atoms with van der Waals surface area (Å²) in [6, 6.07) is 23.7. The topological polar surface area (TPSA) is 75.4 Å². The Bertz CT molecular complexity index is 1630. The molecule has 5 aromatic rings. The summed E-state index contributed by atoms with van der Waals surface area (Å²) < 4.78 is 12.6. The van der Waals surface area contributed by atoms with Gasteiger partial charge in [-0.05, 0) is 74.8 Å². The first-order valence-corrected chi connectivity index (χ1v) is 12.9. The van der Waals surface area contributed by atoms with Crippen molar-refractivity contribution in [3.05, 3.63) is 95.1 Å². The molecule has 5 nitrogen and oxygen atoms in total. The number of aromatic carboxylic acids is 1. The third kappa shape index (κ3) is 4.86. The minimum atomic E-state index is -1.26. The molecule has 2 heterocycles. The number of furan rings is 1. The average Bonchev–Trinajstić information content (AvgIpc) is 3.27. The summed E-state index contributed by atoms with van der Waals surface area (Å²) in [5.74, 6) is 0.273. The maximum Gasteiger partial charge on any atom is 1.00 e. The van der Waals surface area contributed by atoms with E-state index in [9.17, 15) is 9.90 Å². The van der Waals surface area contributed by atoms with Gasteiger partial charge in [0.05, 0.1) is 23.0 Å². The van der Waals surface area contributed by atoms with E-state index in [0.717, 1.165) is 47.8 Å². The fourth-order valence-electron chi connectivity index (χ4n) is 5.70. The fraction of sp³-hybridized carbons (Fsp3) is 0.250. The Labute approximate surface area is 244 Å². The molecule has 0 amide bonds. The second-order valence-corrected chi connectivity index (χ2v) is 10.0. The Kier molecular flexibility index (Phi) is 7.62. The van der Waals surface area contributed by atoms with Gasteiger partial charge in [0.1, 0.15) is 17.0 Å². The number of pyridine rings is 1. The van der Waals surface area contributed by atoms with Gasteiger partial charge in [0, 0.05) is 16.5 Å². The van der Waals surface area contributed by atoms with Gasteiger partial charge in [-0.15, -0.1) is 0 Å². The second-order valence-electron chi connectivity index (χ2n) is 10.0. The maximum atomic E-state index is 12.4. The number of rotatable bonds is 5. The molecule has 1 saturated carbocycles. The molecule has 2 aromatic heterocycles. The Hall–Kier alpha value is -3.12. The summed E-state index contributed by atoms with van der Waals surface area (Å²) in [7, 11) is 0. The molecular weight excluding hydrogens is 485 g/mol. The van der Waals surface area contributed by atoms with Crippen LogP contribution < -0.4 is 39.4 Å². The molecule has 0 saturated heterocycles. The smallest absolute Gasteiger partial charge is 0.545 e. The summed E-state index contributed by atoms with van der Waals surface area (Å²) in [5.41, 5.74) is 4.98. The number of aromatic nitrogens is 1. The van der Waals surface area contributed by atoms with Crippen LogP contribution in [0, 0.1) is 13.8 Å². The van der Waals surface area contributed by atoms with Crippen molar-refractivity contribution in [2.45, 2.75) is 51.6 Å². The first-order chi connectivity index (χ1) is 18.0. The molecule has 0 bridgehead atoms. The van der Waals surface area contributed by atoms with Crippen molar-refractivity contribution in [2.75, 3.05) is 0 Å². The van der Waals surface area contributed by atoms with Gasteiger partial charge in [-0.25, -0.2) is 4.98 Å². The Balaban J connectivity index is 0.00000294. The predicted octanol–water partition coefficient (Wildman–Crippen LogP) is 3.74. The number of hydrogen-bond donors (Lipinski definition) is 0. The van der Waals surface area contributed by atoms with Crippen molar-refractivity contribution >= 4 is 27.8 Å². The molecule has 3 aromatic carbocycles. The van der Waals surface area contributed by atoms with Crippen LogP contribution in [-0.2, 0) is 0 Å². The van der Waals surface area contributed by atoms with Crippen molar-refractivity contribution in [3.63, 3.8) is 0 Å². The first-order valence-electron chi connectivity index (χ1n) is 12.9. The van der Waals surface area contributed by atoms with Crippen molar-refractivity contribution in [1.29, 1.82) is 0 Å². The second kappa shape index (κ2) is 10.9. The number of carboxylic acids is 1. The van der Waals surface area contributed by atoms with Crippen LogP contribution in [0.2, 0.25) is 0 Å². The molecule has 2 atom stereocenters. The van der Waals surface area contributed by atoms with Crippen LogP contribution in [0.15, 0.2) is 77.2 Å². The van der Waals surface area contributed by atoms with Gasteiger partial charge < -0.3 is 19.1 Å². The first kappa shape index (κ1) is 26.5. The zero-order valence-corrected chi connectivity index (χ0v) is 24.0. The molecule has 186 valence electrons. The minimum absolute atomic E-state index is 0. The minimum Gasteiger partial charge on any atom is -0.545 e. The number of carboxylic acid groups (broad SMARTS) is 1. The number of carbonyl (C=O) groups excluding carboxylic acids is 1. The normalized spacial score (nSPS) is 17.3. The van der Waals surface area contributed by atoms with Crippen molar-refractivity contribution in [2.24, 2.45) is 0 Å². The summed E-state index contributed by atoms with van der Waals surface area (Å²) in [4.78, 5) is 17.3. The largest absolute Gasteiger partial charge is 1.00 e. The summed E-state index contributed by atoms with van der Waals surface area (Å²) >= 11 is 0. The van der Waals surface area contributed by atoms with E-state index in [1.54, 1.807) is 6.07 Å². The van der Waals surface area contributed by atoms with E-state index in [1.165, 1.54) is 5.56 Å². The van der Waals surface area contributed by atoms with Gasteiger partial charge in [-0.3, -0.25) is 0 Å². The predicted molar refractivity (Wildman–Crippen MR) is 143 cm³/mol. The van der Waals surface area contributed by atoms with Gasteiger partial charge in [-0.1, -0.05) is 54.6 Å². The number of carbonyl (C=O) groups is 1. The summed E-state index contributed by atoms with van der Waals surface area (Å²) in [6.07, 6.45) is 4.02. The quantitative estimate of drug-likeness (QED) is 0.335. The Morgan fingerprint density at radius 2 is 1.76 bits per heavy atom. The van der Waals surface area contributed by atoms with E-state index in [2.05, 4.69) is 24.3 Å². The van der Waals surface area contributed by atoms with Gasteiger partial charge in [0.15, 0.2) is 5.76 Å². The van der Waals surface area contributed by atoms with Gasteiger partial charge in [-0.2, -0.15) is 0 Å². The number of nitrogens with zero attached hydrogens (tertiary/aromatic N) is 1. The third-order valence-electron chi connectivity index (χ3n) is 7.61. The molecule has 1 aliphatic rings. The molecule has 1 aliphatic carbocycles. The molecular formula is C32H28NNaO4. The van der Waals surface area contributed by atoms with E-state index < -0.39 is 5.97 Å². The third-order valence-corrected chi connectivity index (χ3v) is 7.61. The number of ether oxygens (including phenoxy) is 1. The van der Waals surface area contributed by atoms with Crippen LogP contribution in [0.1, 0.15) is 58.6 Å². The van der Waals surface area contributed by atoms with E-state index in [0.29, 0.717) is 34.0 Å². The van der Waals surface area contributed by atoms with Crippen LogP contribution in [-0.4, -0.2) is 17.1 Å². The molecule has 0 spiro atoms. The Morgan fingerprint density at radius 3 is 2.53 bits per heavy atom. The monoisotopic (exact) mass is 513 g/mol. The standard InChI is InChI=1S/C32H29NO4.Na/c1-19-15-16-28(36-23-12-8-11-22(17-23)21-9-4-3-5-10-21)29-25(32(34)35)18-26(33-30(19)29)31-20(2)24-13-6-7-14-27(24)37-31;/h3-7,9-10,13-16,18,22-23H,8,11-12,17H2,1-2H3,(H,34,35);/q;+1/p-1/t22-,23+;/m1./s1. The molecule has 0 radical (unpaired) electrons. The number of para-hydroxylation sites is 1. The molecule has 1 fully saturated rings. The van der Waals surface area contributed by atoms with Crippen molar-refractivity contribution in [3.8, 4) is 17.2 Å². The van der Waals surface area contributed by atoms with Crippen molar-refractivity contribution < 1.29 is 48.6 Å². The fourth-order valence-corrected chi connectivity index (χ4v) is 5.70. The van der Waals surface area contributed by atoms with Gasteiger partial charge >= 0.3 is 29.6 Å². The van der Waals surface area contributed by atoms with Crippen LogP contribution >= 0.6 is 0 Å².